The summed E-state index contributed by atoms with van der Waals surface area (Å²) in [4.78, 5) is 31.9. The number of benzene rings is 1. The molecule has 4 atom stereocenters. The highest BCUT2D eigenvalue weighted by Gasteiger charge is 2.52. The number of hydrogen-bond acceptors (Lipinski definition) is 9. The lowest BCUT2D eigenvalue weighted by atomic mass is 10.0. The van der Waals surface area contributed by atoms with Crippen molar-refractivity contribution in [2.24, 2.45) is 11.8 Å². The van der Waals surface area contributed by atoms with Crippen molar-refractivity contribution in [1.29, 1.82) is 0 Å². The summed E-state index contributed by atoms with van der Waals surface area (Å²) in [5.74, 6) is -0.360. The van der Waals surface area contributed by atoms with Crippen LogP contribution in [0.25, 0.3) is 11.3 Å². The fourth-order valence-corrected chi connectivity index (χ4v) is 5.77. The normalized spacial score (nSPS) is 19.5. The van der Waals surface area contributed by atoms with Gasteiger partial charge in [-0.1, -0.05) is 17.7 Å². The number of aromatic nitrogens is 6. The second-order valence-electron chi connectivity index (χ2n) is 11.1. The minimum Gasteiger partial charge on any atom is -0.386 e. The van der Waals surface area contributed by atoms with Crippen molar-refractivity contribution in [1.82, 2.24) is 35.0 Å². The molecule has 0 radical (unpaired) electrons. The molecule has 1 amide bonds. The summed E-state index contributed by atoms with van der Waals surface area (Å²) in [7, 11) is 0. The molecule has 1 saturated heterocycles. The topological polar surface area (TPSA) is 134 Å². The summed E-state index contributed by atoms with van der Waals surface area (Å²) < 4.78 is 68.6. The van der Waals surface area contributed by atoms with E-state index in [4.69, 9.17) is 11.6 Å². The third-order valence-electron chi connectivity index (χ3n) is 7.97. The number of nitrogens with one attached hydrogen (secondary N) is 2. The van der Waals surface area contributed by atoms with Crippen LogP contribution < -0.4 is 15.5 Å². The molecular formula is C29H27ClF5N9O2. The van der Waals surface area contributed by atoms with Crippen LogP contribution in [0.15, 0.2) is 49.3 Å². The summed E-state index contributed by atoms with van der Waals surface area (Å²) in [5, 5.41) is 18.8. The molecule has 3 N–H and O–H groups in total. The van der Waals surface area contributed by atoms with Gasteiger partial charge >= 0.3 is 0 Å². The average molecular weight is 664 g/mol. The molecule has 2 fully saturated rings. The predicted molar refractivity (Wildman–Crippen MR) is 156 cm³/mol. The molecular weight excluding hydrogens is 637 g/mol. The van der Waals surface area contributed by atoms with Crippen molar-refractivity contribution < 1.29 is 31.9 Å². The van der Waals surface area contributed by atoms with Gasteiger partial charge in [-0.15, -0.1) is 0 Å². The van der Waals surface area contributed by atoms with Crippen molar-refractivity contribution in [2.75, 3.05) is 29.9 Å². The quantitative estimate of drug-likeness (QED) is 0.191. The van der Waals surface area contributed by atoms with E-state index in [0.717, 1.165) is 43.1 Å². The van der Waals surface area contributed by atoms with Gasteiger partial charge in [-0.3, -0.25) is 14.5 Å². The zero-order chi connectivity index (χ0) is 32.5. The number of piperidine rings is 1. The number of carbonyl (C=O) groups excluding carboxylic acids is 1. The number of anilines is 2. The number of amides is 1. The minimum absolute atomic E-state index is 0.0410. The van der Waals surface area contributed by atoms with Crippen LogP contribution in [0.3, 0.4) is 0 Å². The molecule has 2 aliphatic rings. The first-order valence-corrected chi connectivity index (χ1v) is 14.6. The molecule has 0 bridgehead atoms. The van der Waals surface area contributed by atoms with Crippen molar-refractivity contribution in [2.45, 2.75) is 38.0 Å². The van der Waals surface area contributed by atoms with Gasteiger partial charge in [-0.05, 0) is 24.3 Å². The largest absolute Gasteiger partial charge is 0.386 e. The number of alkyl halides is 4. The van der Waals surface area contributed by atoms with Crippen LogP contribution in [0.1, 0.15) is 34.5 Å². The first kappa shape index (κ1) is 31.7. The highest BCUT2D eigenvalue weighted by Crippen LogP contribution is 2.50. The van der Waals surface area contributed by atoms with Gasteiger partial charge in [0.1, 0.15) is 11.8 Å². The van der Waals surface area contributed by atoms with Gasteiger partial charge in [0.25, 0.3) is 18.8 Å². The molecule has 17 heteroatoms. The number of halogens is 6. The van der Waals surface area contributed by atoms with Crippen LogP contribution in [0, 0.1) is 17.7 Å². The van der Waals surface area contributed by atoms with Crippen LogP contribution in [0.4, 0.5) is 33.6 Å². The van der Waals surface area contributed by atoms with E-state index in [1.54, 1.807) is 23.3 Å². The molecule has 242 valence electrons. The average Bonchev–Trinajstić information content (AvgIpc) is 3.52. The molecule has 1 unspecified atom stereocenters. The lowest BCUT2D eigenvalue weighted by molar-refractivity contribution is -0.00334. The summed E-state index contributed by atoms with van der Waals surface area (Å²) in [5.41, 5.74) is -0.664. The molecule has 3 aromatic heterocycles. The zero-order valence-corrected chi connectivity index (χ0v) is 24.6. The summed E-state index contributed by atoms with van der Waals surface area (Å²) in [6.45, 7) is 1.28. The van der Waals surface area contributed by atoms with Crippen LogP contribution in [-0.4, -0.2) is 78.9 Å². The second kappa shape index (κ2) is 13.2. The molecule has 1 aliphatic heterocycles. The molecule has 11 nitrogen and oxygen atoms in total. The van der Waals surface area contributed by atoms with Crippen LogP contribution in [-0.2, 0) is 6.54 Å². The van der Waals surface area contributed by atoms with Crippen molar-refractivity contribution in [3.8, 4) is 11.3 Å². The molecule has 6 rings (SSSR count). The van der Waals surface area contributed by atoms with E-state index in [-0.39, 0.29) is 35.5 Å². The standard InChI is InChI=1S/C29H27ClF5N9O2/c30-19-2-1-17(26(32)33)24(25(19)31)20-7-36-8-21(42-20)28(46)41-16-6-40-43(13-16)11-14-4-38-29(39-5-14)44-12-15-3-18(15)22(44)9-37-10-23(45)27(34)35/h1-2,4-8,13,15,18,22-23,26-27,37,45H,3,9-12H2,(H,41,46)/t15-,18-,22-,23?/m1/s1. The molecule has 4 heterocycles. The molecule has 1 aromatic carbocycles. The highest BCUT2D eigenvalue weighted by atomic mass is 35.5. The molecule has 0 spiro atoms. The van der Waals surface area contributed by atoms with Crippen LogP contribution in [0.2, 0.25) is 5.02 Å². The maximum Gasteiger partial charge on any atom is 0.275 e. The third-order valence-corrected chi connectivity index (χ3v) is 8.26. The van der Waals surface area contributed by atoms with Crippen molar-refractivity contribution in [3.63, 3.8) is 0 Å². The van der Waals surface area contributed by atoms with E-state index in [9.17, 15) is 31.9 Å². The van der Waals surface area contributed by atoms with Crippen molar-refractivity contribution >= 4 is 29.1 Å². The lowest BCUT2D eigenvalue weighted by Gasteiger charge is -2.28. The number of carbonyl (C=O) groups is 1. The Morgan fingerprint density at radius 1 is 1.11 bits per heavy atom. The maximum atomic E-state index is 14.7. The van der Waals surface area contributed by atoms with Gasteiger partial charge in [0, 0.05) is 61.0 Å². The smallest absolute Gasteiger partial charge is 0.275 e. The number of aliphatic hydroxyl groups excluding tert-OH is 1. The SMILES string of the molecule is O=C(Nc1cnn(Cc2cnc(N3C[C@H]4C[C@H]4[C@H]3CNCC(O)C(F)F)nc2)c1)c1cncc(-c2c(C(F)F)ccc(Cl)c2F)n1. The lowest BCUT2D eigenvalue weighted by Crippen LogP contribution is -2.44. The van der Waals surface area contributed by atoms with E-state index in [1.807, 2.05) is 0 Å². The third kappa shape index (κ3) is 6.78. The van der Waals surface area contributed by atoms with E-state index < -0.39 is 41.8 Å². The Bertz CT molecular complexity index is 1710. The predicted octanol–water partition coefficient (Wildman–Crippen LogP) is 4.20. The first-order valence-electron chi connectivity index (χ1n) is 14.3. The number of nitrogens with zero attached hydrogens (tertiary/aromatic N) is 7. The van der Waals surface area contributed by atoms with Gasteiger partial charge in [0.2, 0.25) is 5.95 Å². The summed E-state index contributed by atoms with van der Waals surface area (Å²) >= 11 is 5.80. The number of fused-ring (bicyclic) bond motifs is 1. The Balaban J connectivity index is 1.07. The first-order chi connectivity index (χ1) is 22.1. The van der Waals surface area contributed by atoms with Gasteiger partial charge < -0.3 is 20.6 Å². The Labute approximate surface area is 263 Å². The molecule has 1 aliphatic carbocycles. The van der Waals surface area contributed by atoms with Crippen molar-refractivity contribution in [3.05, 3.63) is 77.0 Å². The highest BCUT2D eigenvalue weighted by molar-refractivity contribution is 6.31. The van der Waals surface area contributed by atoms with Gasteiger partial charge in [-0.2, -0.15) is 5.10 Å². The van der Waals surface area contributed by atoms with Gasteiger partial charge in [0.05, 0.1) is 41.5 Å². The van der Waals surface area contributed by atoms with E-state index in [2.05, 4.69) is 40.6 Å². The van der Waals surface area contributed by atoms with E-state index in [0.29, 0.717) is 30.0 Å². The number of aliphatic hydroxyl groups is 1. The second-order valence-corrected chi connectivity index (χ2v) is 11.5. The molecule has 4 aromatic rings. The maximum absolute atomic E-state index is 14.7. The number of rotatable bonds is 12. The van der Waals surface area contributed by atoms with Gasteiger partial charge in [-0.25, -0.2) is 36.9 Å². The molecule has 46 heavy (non-hydrogen) atoms. The van der Waals surface area contributed by atoms with E-state index in [1.165, 1.54) is 6.20 Å². The fourth-order valence-electron chi connectivity index (χ4n) is 5.61. The summed E-state index contributed by atoms with van der Waals surface area (Å²) in [6, 6.07) is 2.05. The van der Waals surface area contributed by atoms with Gasteiger partial charge in [0.15, 0.2) is 5.82 Å². The Hall–Kier alpha value is -4.28. The number of hydrogen-bond donors (Lipinski definition) is 3. The Morgan fingerprint density at radius 3 is 2.63 bits per heavy atom. The Morgan fingerprint density at radius 2 is 1.89 bits per heavy atom. The van der Waals surface area contributed by atoms with E-state index >= 15 is 0 Å². The monoisotopic (exact) mass is 663 g/mol. The Kier molecular flexibility index (Phi) is 9.11. The zero-order valence-electron chi connectivity index (χ0n) is 23.9. The minimum atomic E-state index is -3.01. The fraction of sp³-hybridized carbons (Fsp3) is 0.379. The summed E-state index contributed by atoms with van der Waals surface area (Å²) in [6.07, 6.45) is 1.97. The van der Waals surface area contributed by atoms with Crippen LogP contribution >= 0.6 is 11.6 Å². The van der Waals surface area contributed by atoms with Crippen LogP contribution in [0.5, 0.6) is 0 Å². The molecule has 1 saturated carbocycles.